The molecule has 0 aliphatic heterocycles. The average molecular weight is 599 g/mol. The molecule has 0 saturated carbocycles. The maximum Gasteiger partial charge on any atom is 0.407 e. The fourth-order valence-corrected chi connectivity index (χ4v) is 5.37. The van der Waals surface area contributed by atoms with Gasteiger partial charge in [0, 0.05) is 24.5 Å². The molecular formula is C28H40F2N4O6S. The smallest absolute Gasteiger partial charge is 0.407 e. The summed E-state index contributed by atoms with van der Waals surface area (Å²) < 4.78 is 62.5. The number of aromatic nitrogens is 2. The Labute approximate surface area is 240 Å². The average Bonchev–Trinajstić information content (AvgIpc) is 3.51. The minimum absolute atomic E-state index is 0.0340. The van der Waals surface area contributed by atoms with Crippen molar-refractivity contribution in [3.05, 3.63) is 59.7 Å². The van der Waals surface area contributed by atoms with Gasteiger partial charge in [-0.05, 0) is 56.2 Å². The summed E-state index contributed by atoms with van der Waals surface area (Å²) in [5, 5.41) is 18.6. The Hall–Kier alpha value is -3.29. The monoisotopic (exact) mass is 598 g/mol. The molecule has 0 fully saturated rings. The van der Waals surface area contributed by atoms with Crippen molar-refractivity contribution in [2.75, 3.05) is 26.2 Å². The van der Waals surface area contributed by atoms with Gasteiger partial charge in [-0.15, -0.1) is 0 Å². The van der Waals surface area contributed by atoms with Crippen LogP contribution in [0.15, 0.2) is 46.2 Å². The van der Waals surface area contributed by atoms with E-state index in [1.807, 2.05) is 0 Å². The third-order valence-electron chi connectivity index (χ3n) is 6.16. The normalized spacial score (nSPS) is 12.7. The predicted molar refractivity (Wildman–Crippen MR) is 151 cm³/mol. The van der Waals surface area contributed by atoms with E-state index in [-0.39, 0.29) is 17.9 Å². The summed E-state index contributed by atoms with van der Waals surface area (Å²) in [6, 6.07) is 4.80. The van der Waals surface area contributed by atoms with Crippen molar-refractivity contribution in [1.82, 2.24) is 18.8 Å². The van der Waals surface area contributed by atoms with Crippen LogP contribution in [0.4, 0.5) is 13.6 Å². The molecule has 0 aliphatic rings. The van der Waals surface area contributed by atoms with Crippen LogP contribution in [0.1, 0.15) is 65.9 Å². The number of aliphatic hydroxyl groups is 1. The van der Waals surface area contributed by atoms with E-state index in [9.17, 15) is 27.8 Å². The molecule has 1 atom stereocenters. The Balaban J connectivity index is 0.000000745. The van der Waals surface area contributed by atoms with Crippen molar-refractivity contribution in [1.29, 1.82) is 0 Å². The number of aliphatic hydroxyl groups excluding tert-OH is 1. The first-order valence-electron chi connectivity index (χ1n) is 13.3. The fraction of sp³-hybridized carbons (Fsp3) is 0.500. The topological polar surface area (TPSA) is 129 Å². The molecule has 0 aromatic carbocycles. The van der Waals surface area contributed by atoms with Gasteiger partial charge in [-0.3, -0.25) is 0 Å². The Morgan fingerprint density at radius 2 is 1.73 bits per heavy atom. The van der Waals surface area contributed by atoms with Crippen molar-refractivity contribution in [3.8, 4) is 11.3 Å². The van der Waals surface area contributed by atoms with Crippen molar-refractivity contribution in [3.63, 3.8) is 0 Å². The quantitative estimate of drug-likeness (QED) is 0.289. The molecule has 0 saturated heterocycles. The Kier molecular flexibility index (Phi) is 11.6. The maximum atomic E-state index is 15.6. The van der Waals surface area contributed by atoms with E-state index >= 15 is 4.39 Å². The van der Waals surface area contributed by atoms with Crippen molar-refractivity contribution >= 4 is 16.1 Å². The number of carbonyl (C=O) groups is 1. The number of pyridine rings is 1. The van der Waals surface area contributed by atoms with Gasteiger partial charge in [0.15, 0.2) is 5.82 Å². The van der Waals surface area contributed by atoms with Crippen LogP contribution in [-0.2, 0) is 16.6 Å². The van der Waals surface area contributed by atoms with Crippen LogP contribution in [0.25, 0.3) is 11.3 Å². The lowest BCUT2D eigenvalue weighted by molar-refractivity contribution is 0.122. The minimum atomic E-state index is -4.60. The van der Waals surface area contributed by atoms with E-state index in [0.29, 0.717) is 3.97 Å². The van der Waals surface area contributed by atoms with Crippen LogP contribution < -0.4 is 0 Å². The van der Waals surface area contributed by atoms with Gasteiger partial charge >= 0.3 is 16.1 Å². The molecule has 3 aromatic rings. The zero-order valence-corrected chi connectivity index (χ0v) is 25.4. The van der Waals surface area contributed by atoms with E-state index in [0.717, 1.165) is 29.4 Å². The summed E-state index contributed by atoms with van der Waals surface area (Å²) in [6.07, 6.45) is -0.407. The number of halogens is 2. The molecule has 10 nitrogen and oxygen atoms in total. The molecule has 1 amide bonds. The Morgan fingerprint density at radius 1 is 1.12 bits per heavy atom. The predicted octanol–water partition coefficient (Wildman–Crippen LogP) is 5.59. The standard InChI is InChI=1S/C22H25F2N3O6S.C6H15N/c1-13(28)16-7-8-17(33-16)34(31,32)27-11-14(10-26(21(29)30)12-22(2,3)4)18(23)19(27)15-6-5-9-25-20(15)24;1-4-7(5-2)6-3/h5-9,11,13,28H,10,12H2,1-4H3,(H,29,30);4-6H2,1-3H3. The van der Waals surface area contributed by atoms with Crippen LogP contribution in [-0.4, -0.2) is 69.7 Å². The lowest BCUT2D eigenvalue weighted by atomic mass is 9.96. The van der Waals surface area contributed by atoms with Crippen LogP contribution >= 0.6 is 0 Å². The number of amides is 1. The first-order valence-corrected chi connectivity index (χ1v) is 14.7. The Morgan fingerprint density at radius 3 is 2.17 bits per heavy atom. The molecule has 228 valence electrons. The highest BCUT2D eigenvalue weighted by Gasteiger charge is 2.32. The largest absolute Gasteiger partial charge is 0.465 e. The van der Waals surface area contributed by atoms with Crippen LogP contribution in [0, 0.1) is 17.2 Å². The van der Waals surface area contributed by atoms with Crippen molar-refractivity contribution in [2.24, 2.45) is 5.41 Å². The van der Waals surface area contributed by atoms with E-state index in [1.54, 1.807) is 20.8 Å². The van der Waals surface area contributed by atoms with Gasteiger partial charge < -0.3 is 24.4 Å². The lowest BCUT2D eigenvalue weighted by Gasteiger charge is -2.27. The molecule has 2 N–H and O–H groups in total. The molecule has 0 bridgehead atoms. The Bertz CT molecular complexity index is 1400. The van der Waals surface area contributed by atoms with Crippen LogP contribution in [0.5, 0.6) is 0 Å². The highest BCUT2D eigenvalue weighted by Crippen LogP contribution is 2.33. The SMILES string of the molecule is CC(O)c1ccc(S(=O)(=O)n2cc(CN(CC(C)(C)C)C(=O)O)c(F)c2-c2cccnc2F)o1.CCN(CC)CC. The molecule has 3 heterocycles. The number of hydrogen-bond acceptors (Lipinski definition) is 7. The van der Waals surface area contributed by atoms with Gasteiger partial charge in [-0.25, -0.2) is 18.1 Å². The third kappa shape index (κ3) is 8.60. The third-order valence-corrected chi connectivity index (χ3v) is 7.70. The van der Waals surface area contributed by atoms with Gasteiger partial charge in [0.25, 0.3) is 0 Å². The van der Waals surface area contributed by atoms with Crippen molar-refractivity contribution in [2.45, 2.75) is 66.2 Å². The van der Waals surface area contributed by atoms with E-state index in [2.05, 4.69) is 30.7 Å². The lowest BCUT2D eigenvalue weighted by Crippen LogP contribution is -2.36. The minimum Gasteiger partial charge on any atom is -0.465 e. The summed E-state index contributed by atoms with van der Waals surface area (Å²) >= 11 is 0. The molecule has 13 heteroatoms. The summed E-state index contributed by atoms with van der Waals surface area (Å²) in [7, 11) is -4.60. The summed E-state index contributed by atoms with van der Waals surface area (Å²) in [5.41, 5.74) is -1.84. The second-order valence-corrected chi connectivity index (χ2v) is 12.4. The highest BCUT2D eigenvalue weighted by molar-refractivity contribution is 7.89. The van der Waals surface area contributed by atoms with Gasteiger partial charge in [-0.1, -0.05) is 41.5 Å². The summed E-state index contributed by atoms with van der Waals surface area (Å²) in [4.78, 5) is 18.5. The molecule has 0 spiro atoms. The van der Waals surface area contributed by atoms with Crippen LogP contribution in [0.3, 0.4) is 0 Å². The first kappa shape index (κ1) is 33.9. The highest BCUT2D eigenvalue weighted by atomic mass is 32.2. The number of furan rings is 1. The van der Waals surface area contributed by atoms with Gasteiger partial charge in [0.2, 0.25) is 11.0 Å². The van der Waals surface area contributed by atoms with E-state index in [1.165, 1.54) is 38.7 Å². The van der Waals surface area contributed by atoms with E-state index < -0.39 is 62.3 Å². The zero-order valence-electron chi connectivity index (χ0n) is 24.6. The summed E-state index contributed by atoms with van der Waals surface area (Å²) in [5.74, 6) is -2.27. The number of rotatable bonds is 10. The fourth-order valence-electron chi connectivity index (χ4n) is 4.05. The molecule has 1 unspecified atom stereocenters. The summed E-state index contributed by atoms with van der Waals surface area (Å²) in [6.45, 7) is 16.4. The van der Waals surface area contributed by atoms with E-state index in [4.69, 9.17) is 4.42 Å². The van der Waals surface area contributed by atoms with Gasteiger partial charge in [0.1, 0.15) is 17.6 Å². The van der Waals surface area contributed by atoms with Gasteiger partial charge in [-0.2, -0.15) is 12.8 Å². The number of nitrogens with zero attached hydrogens (tertiary/aromatic N) is 4. The molecule has 3 rings (SSSR count). The maximum absolute atomic E-state index is 15.6. The molecule has 0 radical (unpaired) electrons. The second kappa shape index (κ2) is 14.1. The van der Waals surface area contributed by atoms with Crippen molar-refractivity contribution < 1.29 is 36.6 Å². The second-order valence-electron chi connectivity index (χ2n) is 10.6. The number of carboxylic acid groups (broad SMARTS) is 1. The molecule has 41 heavy (non-hydrogen) atoms. The van der Waals surface area contributed by atoms with Crippen LogP contribution in [0.2, 0.25) is 0 Å². The van der Waals surface area contributed by atoms with Gasteiger partial charge in [0.05, 0.1) is 12.1 Å². The first-order chi connectivity index (χ1) is 19.1. The molecule has 3 aromatic heterocycles. The molecular weight excluding hydrogens is 558 g/mol. The molecule has 0 aliphatic carbocycles. The zero-order chi connectivity index (χ0) is 31.1. The number of hydrogen-bond donors (Lipinski definition) is 2.